The minimum atomic E-state index is -0.126. The lowest BCUT2D eigenvalue weighted by molar-refractivity contribution is 0.491. The molecule has 0 fully saturated rings. The van der Waals surface area contributed by atoms with Gasteiger partial charge in [-0.2, -0.15) is 0 Å². The van der Waals surface area contributed by atoms with E-state index in [0.29, 0.717) is 6.04 Å². The topological polar surface area (TPSA) is 29.9 Å². The third-order valence-electron chi connectivity index (χ3n) is 4.76. The molecule has 0 saturated heterocycles. The molecule has 1 N–H and O–H groups in total. The molecule has 0 amide bonds. The van der Waals surface area contributed by atoms with E-state index in [-0.39, 0.29) is 5.82 Å². The number of aromatic nitrogens is 2. The van der Waals surface area contributed by atoms with Crippen molar-refractivity contribution in [2.75, 3.05) is 0 Å². The highest BCUT2D eigenvalue weighted by atomic mass is 19.1. The molecular weight excluding hydrogens is 289 g/mol. The summed E-state index contributed by atoms with van der Waals surface area (Å²) in [4.78, 5) is 4.06. The van der Waals surface area contributed by atoms with Gasteiger partial charge in [-0.25, -0.2) is 4.39 Å². The van der Waals surface area contributed by atoms with Gasteiger partial charge in [0.25, 0.3) is 0 Å². The van der Waals surface area contributed by atoms with Crippen LogP contribution in [0.1, 0.15) is 23.7 Å². The monoisotopic (exact) mass is 309 g/mol. The zero-order chi connectivity index (χ0) is 15.8. The van der Waals surface area contributed by atoms with E-state index in [1.807, 2.05) is 36.7 Å². The van der Waals surface area contributed by atoms with Crippen LogP contribution in [0.4, 0.5) is 4.39 Å². The molecule has 1 aliphatic rings. The Morgan fingerprint density at radius 2 is 2.09 bits per heavy atom. The first-order valence-corrected chi connectivity index (χ1v) is 8.15. The largest absolute Gasteiger partial charge is 0.342 e. The Balaban J connectivity index is 1.79. The van der Waals surface area contributed by atoms with Crippen LogP contribution < -0.4 is 5.32 Å². The number of hydrogen-bond acceptors (Lipinski definition) is 2. The quantitative estimate of drug-likeness (QED) is 0.803. The Bertz CT molecular complexity index is 839. The van der Waals surface area contributed by atoms with Crippen LogP contribution in [0.15, 0.2) is 42.7 Å². The van der Waals surface area contributed by atoms with E-state index in [2.05, 4.69) is 21.8 Å². The lowest BCUT2D eigenvalue weighted by atomic mass is 10.0. The first kappa shape index (κ1) is 14.4. The summed E-state index contributed by atoms with van der Waals surface area (Å²) in [6.07, 6.45) is 5.45. The van der Waals surface area contributed by atoms with Gasteiger partial charge in [0.15, 0.2) is 0 Å². The number of para-hydroxylation sites is 1. The second-order valence-electron chi connectivity index (χ2n) is 6.30. The molecule has 1 atom stereocenters. The standard InChI is InChI=1S/C19H20FN3/c1-13-11-18-16(12-22-13)15-3-2-4-17(20)19(15)23(18)10-7-14-5-8-21-9-6-14/h2-6,8-9,13,22H,7,10-12H2,1H3. The molecule has 0 radical (unpaired) electrons. The summed E-state index contributed by atoms with van der Waals surface area (Å²) >= 11 is 0. The van der Waals surface area contributed by atoms with Crippen molar-refractivity contribution in [1.82, 2.24) is 14.9 Å². The van der Waals surface area contributed by atoms with Crippen molar-refractivity contribution in [3.8, 4) is 0 Å². The average Bonchev–Trinajstić information content (AvgIpc) is 2.88. The summed E-state index contributed by atoms with van der Waals surface area (Å²) in [5.74, 6) is -0.126. The molecule has 3 heterocycles. The van der Waals surface area contributed by atoms with Crippen LogP contribution in [0.2, 0.25) is 0 Å². The van der Waals surface area contributed by atoms with Gasteiger partial charge >= 0.3 is 0 Å². The van der Waals surface area contributed by atoms with Crippen molar-refractivity contribution >= 4 is 10.9 Å². The fourth-order valence-electron chi connectivity index (χ4n) is 3.59. The minimum Gasteiger partial charge on any atom is -0.342 e. The minimum absolute atomic E-state index is 0.126. The van der Waals surface area contributed by atoms with Crippen LogP contribution in [-0.4, -0.2) is 15.6 Å². The maximum absolute atomic E-state index is 14.5. The lowest BCUT2D eigenvalue weighted by Crippen LogP contribution is -2.33. The number of pyridine rings is 1. The van der Waals surface area contributed by atoms with Crippen molar-refractivity contribution in [2.45, 2.75) is 38.9 Å². The van der Waals surface area contributed by atoms with Crippen LogP contribution in [0.3, 0.4) is 0 Å². The van der Waals surface area contributed by atoms with E-state index in [9.17, 15) is 4.39 Å². The van der Waals surface area contributed by atoms with Crippen molar-refractivity contribution in [3.63, 3.8) is 0 Å². The number of nitrogens with one attached hydrogen (secondary N) is 1. The van der Waals surface area contributed by atoms with E-state index < -0.39 is 0 Å². The molecule has 0 bridgehead atoms. The summed E-state index contributed by atoms with van der Waals surface area (Å²) < 4.78 is 16.7. The van der Waals surface area contributed by atoms with Gasteiger partial charge in [-0.1, -0.05) is 12.1 Å². The molecule has 118 valence electrons. The van der Waals surface area contributed by atoms with E-state index >= 15 is 0 Å². The van der Waals surface area contributed by atoms with Gasteiger partial charge in [0.1, 0.15) is 5.82 Å². The van der Waals surface area contributed by atoms with E-state index in [4.69, 9.17) is 0 Å². The lowest BCUT2D eigenvalue weighted by Gasteiger charge is -2.23. The molecule has 3 nitrogen and oxygen atoms in total. The van der Waals surface area contributed by atoms with Crippen LogP contribution in [0, 0.1) is 5.82 Å². The Kier molecular flexibility index (Phi) is 3.62. The Hall–Kier alpha value is -2.20. The van der Waals surface area contributed by atoms with Crippen molar-refractivity contribution < 1.29 is 4.39 Å². The molecular formula is C19H20FN3. The highest BCUT2D eigenvalue weighted by Gasteiger charge is 2.24. The van der Waals surface area contributed by atoms with Gasteiger partial charge in [0.2, 0.25) is 0 Å². The molecule has 1 aromatic carbocycles. The second-order valence-corrected chi connectivity index (χ2v) is 6.30. The fourth-order valence-corrected chi connectivity index (χ4v) is 3.59. The van der Waals surface area contributed by atoms with Gasteiger partial charge in [0.05, 0.1) is 5.52 Å². The molecule has 0 aliphatic carbocycles. The zero-order valence-electron chi connectivity index (χ0n) is 13.2. The zero-order valence-corrected chi connectivity index (χ0v) is 13.2. The summed E-state index contributed by atoms with van der Waals surface area (Å²) in [5, 5.41) is 4.54. The Morgan fingerprint density at radius 3 is 2.91 bits per heavy atom. The first-order valence-electron chi connectivity index (χ1n) is 8.15. The van der Waals surface area contributed by atoms with Gasteiger partial charge < -0.3 is 9.88 Å². The van der Waals surface area contributed by atoms with E-state index in [1.165, 1.54) is 16.8 Å². The molecule has 4 heteroatoms. The smallest absolute Gasteiger partial charge is 0.147 e. The number of halogens is 1. The number of nitrogens with zero attached hydrogens (tertiary/aromatic N) is 2. The van der Waals surface area contributed by atoms with Crippen LogP contribution in [0.25, 0.3) is 10.9 Å². The fraction of sp³-hybridized carbons (Fsp3) is 0.316. The Labute approximate surface area is 135 Å². The van der Waals surface area contributed by atoms with Crippen molar-refractivity contribution in [3.05, 3.63) is 65.4 Å². The summed E-state index contributed by atoms with van der Waals surface area (Å²) in [6.45, 7) is 3.80. The first-order chi connectivity index (χ1) is 11.2. The maximum Gasteiger partial charge on any atom is 0.147 e. The highest BCUT2D eigenvalue weighted by Crippen LogP contribution is 2.31. The van der Waals surface area contributed by atoms with Crippen LogP contribution in [0.5, 0.6) is 0 Å². The van der Waals surface area contributed by atoms with Gasteiger partial charge in [-0.15, -0.1) is 0 Å². The number of rotatable bonds is 3. The third-order valence-corrected chi connectivity index (χ3v) is 4.76. The number of hydrogen-bond donors (Lipinski definition) is 1. The van der Waals surface area contributed by atoms with Gasteiger partial charge in [-0.3, -0.25) is 4.98 Å². The predicted octanol–water partition coefficient (Wildman–Crippen LogP) is 3.45. The molecule has 1 unspecified atom stereocenters. The normalized spacial score (nSPS) is 17.4. The second kappa shape index (κ2) is 5.78. The third kappa shape index (κ3) is 2.53. The van der Waals surface area contributed by atoms with Crippen molar-refractivity contribution in [2.24, 2.45) is 0 Å². The van der Waals surface area contributed by atoms with Crippen LogP contribution in [-0.2, 0) is 25.9 Å². The van der Waals surface area contributed by atoms with Gasteiger partial charge in [-0.05, 0) is 42.7 Å². The van der Waals surface area contributed by atoms with E-state index in [1.54, 1.807) is 6.07 Å². The molecule has 2 aromatic heterocycles. The predicted molar refractivity (Wildman–Crippen MR) is 89.8 cm³/mol. The number of fused-ring (bicyclic) bond motifs is 3. The molecule has 3 aromatic rings. The summed E-state index contributed by atoms with van der Waals surface area (Å²) in [7, 11) is 0. The molecule has 0 saturated carbocycles. The summed E-state index contributed by atoms with van der Waals surface area (Å²) in [6, 6.07) is 9.89. The van der Waals surface area contributed by atoms with Crippen LogP contribution >= 0.6 is 0 Å². The highest BCUT2D eigenvalue weighted by molar-refractivity contribution is 5.86. The average molecular weight is 309 g/mol. The number of aryl methyl sites for hydroxylation is 2. The van der Waals surface area contributed by atoms with E-state index in [0.717, 1.165) is 36.8 Å². The number of benzene rings is 1. The maximum atomic E-state index is 14.5. The van der Waals surface area contributed by atoms with Crippen molar-refractivity contribution in [1.29, 1.82) is 0 Å². The molecule has 1 aliphatic heterocycles. The summed E-state index contributed by atoms with van der Waals surface area (Å²) in [5.41, 5.74) is 4.52. The molecule has 23 heavy (non-hydrogen) atoms. The Morgan fingerprint density at radius 1 is 1.26 bits per heavy atom. The SMILES string of the molecule is CC1Cc2c(c3cccc(F)c3n2CCc2ccncc2)CN1. The van der Waals surface area contributed by atoms with Gasteiger partial charge in [0, 0.05) is 49.0 Å². The molecule has 0 spiro atoms. The molecule has 4 rings (SSSR count).